The van der Waals surface area contributed by atoms with E-state index in [4.69, 9.17) is 0 Å². The van der Waals surface area contributed by atoms with Gasteiger partial charge >= 0.3 is 0 Å². The maximum atomic E-state index is 13.0. The Labute approximate surface area is 108 Å². The largest absolute Gasteiger partial charge is 0.207 e. The van der Waals surface area contributed by atoms with Crippen molar-refractivity contribution in [1.29, 1.82) is 0 Å². The van der Waals surface area contributed by atoms with Crippen molar-refractivity contribution in [3.8, 4) is 0 Å². The summed E-state index contributed by atoms with van der Waals surface area (Å²) in [6.45, 7) is 4.33. The molecule has 0 radical (unpaired) electrons. The van der Waals surface area contributed by atoms with Crippen molar-refractivity contribution >= 4 is 31.9 Å². The zero-order chi connectivity index (χ0) is 11.4. The second-order valence-corrected chi connectivity index (χ2v) is 5.87. The van der Waals surface area contributed by atoms with Gasteiger partial charge in [0.1, 0.15) is 5.82 Å². The van der Waals surface area contributed by atoms with E-state index < -0.39 is 0 Å². The van der Waals surface area contributed by atoms with Crippen molar-refractivity contribution in [3.05, 3.63) is 34.1 Å². The SMILES string of the molecule is CCC(Br)C(C)Cc1cc(F)ccc1Br. The zero-order valence-electron chi connectivity index (χ0n) is 8.93. The molecule has 1 aromatic carbocycles. The number of halogens is 3. The first-order valence-electron chi connectivity index (χ1n) is 5.12. The third-order valence-electron chi connectivity index (χ3n) is 2.56. The minimum absolute atomic E-state index is 0.164. The average Bonchev–Trinajstić information content (AvgIpc) is 2.22. The molecule has 0 saturated carbocycles. The molecule has 0 amide bonds. The summed E-state index contributed by atoms with van der Waals surface area (Å²) in [5.41, 5.74) is 1.04. The van der Waals surface area contributed by atoms with Crippen LogP contribution >= 0.6 is 31.9 Å². The van der Waals surface area contributed by atoms with Gasteiger partial charge in [-0.3, -0.25) is 0 Å². The zero-order valence-corrected chi connectivity index (χ0v) is 12.1. The second-order valence-electron chi connectivity index (χ2n) is 3.84. The molecule has 84 valence electrons. The van der Waals surface area contributed by atoms with Crippen LogP contribution in [0.25, 0.3) is 0 Å². The highest BCUT2D eigenvalue weighted by Gasteiger charge is 2.14. The molecule has 0 aliphatic heterocycles. The minimum Gasteiger partial charge on any atom is -0.207 e. The van der Waals surface area contributed by atoms with Gasteiger partial charge in [-0.15, -0.1) is 0 Å². The van der Waals surface area contributed by atoms with E-state index in [1.807, 2.05) is 0 Å². The molecule has 0 heterocycles. The Bertz CT molecular complexity index is 325. The number of rotatable bonds is 4. The summed E-state index contributed by atoms with van der Waals surface area (Å²) in [5.74, 6) is 0.344. The summed E-state index contributed by atoms with van der Waals surface area (Å²) in [7, 11) is 0. The smallest absolute Gasteiger partial charge is 0.123 e. The fourth-order valence-corrected chi connectivity index (χ4v) is 2.17. The van der Waals surface area contributed by atoms with Crippen molar-refractivity contribution < 1.29 is 4.39 Å². The average molecular weight is 338 g/mol. The first kappa shape index (κ1) is 13.2. The van der Waals surface area contributed by atoms with E-state index >= 15 is 0 Å². The van der Waals surface area contributed by atoms with Crippen molar-refractivity contribution in [2.24, 2.45) is 5.92 Å². The highest BCUT2D eigenvalue weighted by Crippen LogP contribution is 2.25. The van der Waals surface area contributed by atoms with Crippen LogP contribution in [0.4, 0.5) is 4.39 Å². The summed E-state index contributed by atoms with van der Waals surface area (Å²) in [6, 6.07) is 4.85. The predicted molar refractivity (Wildman–Crippen MR) is 70.0 cm³/mol. The van der Waals surface area contributed by atoms with Crippen LogP contribution in [0.15, 0.2) is 22.7 Å². The van der Waals surface area contributed by atoms with Crippen LogP contribution in [0.2, 0.25) is 0 Å². The molecule has 0 aliphatic carbocycles. The maximum Gasteiger partial charge on any atom is 0.123 e. The van der Waals surface area contributed by atoms with Gasteiger partial charge in [0.2, 0.25) is 0 Å². The van der Waals surface area contributed by atoms with Gasteiger partial charge in [-0.1, -0.05) is 45.7 Å². The fraction of sp³-hybridized carbons (Fsp3) is 0.500. The van der Waals surface area contributed by atoms with Gasteiger partial charge in [-0.05, 0) is 42.5 Å². The fourth-order valence-electron chi connectivity index (χ4n) is 1.58. The Hall–Kier alpha value is 0.110. The van der Waals surface area contributed by atoms with Crippen molar-refractivity contribution in [1.82, 2.24) is 0 Å². The van der Waals surface area contributed by atoms with E-state index in [2.05, 4.69) is 45.7 Å². The molecule has 2 atom stereocenters. The second kappa shape index (κ2) is 6.00. The molecule has 1 rings (SSSR count). The number of alkyl halides is 1. The molecule has 0 bridgehead atoms. The van der Waals surface area contributed by atoms with Crippen LogP contribution in [0.1, 0.15) is 25.8 Å². The molecule has 2 unspecified atom stereocenters. The summed E-state index contributed by atoms with van der Waals surface area (Å²) in [4.78, 5) is 0.493. The summed E-state index contributed by atoms with van der Waals surface area (Å²) in [6.07, 6.45) is 1.98. The summed E-state index contributed by atoms with van der Waals surface area (Å²) in [5, 5.41) is 0. The third kappa shape index (κ3) is 3.87. The third-order valence-corrected chi connectivity index (χ3v) is 4.88. The topological polar surface area (TPSA) is 0 Å². The minimum atomic E-state index is -0.164. The van der Waals surface area contributed by atoms with Crippen LogP contribution < -0.4 is 0 Å². The molecule has 0 spiro atoms. The van der Waals surface area contributed by atoms with Crippen LogP contribution in [0.3, 0.4) is 0 Å². The van der Waals surface area contributed by atoms with E-state index in [0.29, 0.717) is 10.7 Å². The molecule has 0 aromatic heterocycles. The van der Waals surface area contributed by atoms with Crippen LogP contribution in [-0.4, -0.2) is 4.83 Å². The Morgan fingerprint density at radius 1 is 1.40 bits per heavy atom. The lowest BCUT2D eigenvalue weighted by molar-refractivity contribution is 0.541. The number of hydrogen-bond acceptors (Lipinski definition) is 0. The van der Waals surface area contributed by atoms with Crippen LogP contribution in [-0.2, 0) is 6.42 Å². The van der Waals surface area contributed by atoms with Crippen molar-refractivity contribution in [2.75, 3.05) is 0 Å². The molecule has 15 heavy (non-hydrogen) atoms. The Kier molecular flexibility index (Phi) is 5.27. The van der Waals surface area contributed by atoms with Gasteiger partial charge in [0.25, 0.3) is 0 Å². The van der Waals surface area contributed by atoms with Crippen molar-refractivity contribution in [3.63, 3.8) is 0 Å². The molecule has 0 saturated heterocycles. The predicted octanol–water partition coefficient (Wildman–Crippen LogP) is 4.94. The lowest BCUT2D eigenvalue weighted by atomic mass is 9.97. The van der Waals surface area contributed by atoms with Crippen LogP contribution in [0, 0.1) is 11.7 Å². The Morgan fingerprint density at radius 2 is 2.07 bits per heavy atom. The van der Waals surface area contributed by atoms with Crippen LogP contribution in [0.5, 0.6) is 0 Å². The number of benzene rings is 1. The Balaban J connectivity index is 2.75. The molecule has 0 fully saturated rings. The molecule has 0 nitrogen and oxygen atoms in total. The summed E-state index contributed by atoms with van der Waals surface area (Å²) >= 11 is 7.08. The molecule has 0 N–H and O–H groups in total. The highest BCUT2D eigenvalue weighted by molar-refractivity contribution is 9.10. The van der Waals surface area contributed by atoms with E-state index in [1.54, 1.807) is 12.1 Å². The first-order valence-corrected chi connectivity index (χ1v) is 6.83. The molecule has 1 aromatic rings. The van der Waals surface area contributed by atoms with Gasteiger partial charge in [-0.2, -0.15) is 0 Å². The van der Waals surface area contributed by atoms with E-state index in [1.165, 1.54) is 6.07 Å². The monoisotopic (exact) mass is 336 g/mol. The summed E-state index contributed by atoms with van der Waals surface area (Å²) < 4.78 is 14.0. The van der Waals surface area contributed by atoms with E-state index in [9.17, 15) is 4.39 Å². The number of hydrogen-bond donors (Lipinski definition) is 0. The molecule has 3 heteroatoms. The van der Waals surface area contributed by atoms with Gasteiger partial charge in [0.05, 0.1) is 0 Å². The molecule has 0 aliphatic rings. The van der Waals surface area contributed by atoms with E-state index in [0.717, 1.165) is 22.9 Å². The quantitative estimate of drug-likeness (QED) is 0.682. The van der Waals surface area contributed by atoms with E-state index in [-0.39, 0.29) is 5.82 Å². The normalized spacial score (nSPS) is 15.0. The maximum absolute atomic E-state index is 13.0. The van der Waals surface area contributed by atoms with Crippen molar-refractivity contribution in [2.45, 2.75) is 31.5 Å². The molecular formula is C12H15Br2F. The van der Waals surface area contributed by atoms with Gasteiger partial charge in [0, 0.05) is 9.30 Å². The van der Waals surface area contributed by atoms with Gasteiger partial charge in [-0.25, -0.2) is 4.39 Å². The molecular weight excluding hydrogens is 323 g/mol. The first-order chi connectivity index (χ1) is 7.04. The van der Waals surface area contributed by atoms with Gasteiger partial charge < -0.3 is 0 Å². The lowest BCUT2D eigenvalue weighted by Crippen LogP contribution is -2.12. The standard InChI is InChI=1S/C12H15Br2F/c1-3-11(13)8(2)6-9-7-10(15)4-5-12(9)14/h4-5,7-8,11H,3,6H2,1-2H3. The Morgan fingerprint density at radius 3 is 2.67 bits per heavy atom. The van der Waals surface area contributed by atoms with Gasteiger partial charge in [0.15, 0.2) is 0 Å². The highest BCUT2D eigenvalue weighted by atomic mass is 79.9. The lowest BCUT2D eigenvalue weighted by Gasteiger charge is -2.17.